The van der Waals surface area contributed by atoms with Crippen LogP contribution in [-0.2, 0) is 0 Å². The Balaban J connectivity index is 1.90. The molecule has 92 valence electrons. The van der Waals surface area contributed by atoms with Gasteiger partial charge in [-0.3, -0.25) is 0 Å². The van der Waals surface area contributed by atoms with E-state index in [0.717, 1.165) is 15.1 Å². The minimum atomic E-state index is 0.257. The predicted molar refractivity (Wildman–Crippen MR) is 76.8 cm³/mol. The zero-order valence-corrected chi connectivity index (χ0v) is 12.1. The molecule has 0 radical (unpaired) electrons. The summed E-state index contributed by atoms with van der Waals surface area (Å²) in [6.45, 7) is 0.257. The summed E-state index contributed by atoms with van der Waals surface area (Å²) in [6, 6.07) is 11.0. The SMILES string of the molecule is Clc1ccc(I)c(Oc2ccc3c(c2)OCO3)c1. The highest BCUT2D eigenvalue weighted by molar-refractivity contribution is 14.1. The second-order valence-corrected chi connectivity index (χ2v) is 5.29. The van der Waals surface area contributed by atoms with Crippen molar-refractivity contribution >= 4 is 34.2 Å². The highest BCUT2D eigenvalue weighted by atomic mass is 127. The highest BCUT2D eigenvalue weighted by Crippen LogP contribution is 2.37. The third-order valence-electron chi connectivity index (χ3n) is 2.47. The molecule has 0 saturated carbocycles. The van der Waals surface area contributed by atoms with Crippen molar-refractivity contribution in [2.75, 3.05) is 6.79 Å². The summed E-state index contributed by atoms with van der Waals surface area (Å²) < 4.78 is 17.3. The van der Waals surface area contributed by atoms with Crippen molar-refractivity contribution < 1.29 is 14.2 Å². The molecular formula is C13H8ClIO3. The van der Waals surface area contributed by atoms with Gasteiger partial charge >= 0.3 is 0 Å². The van der Waals surface area contributed by atoms with Gasteiger partial charge < -0.3 is 14.2 Å². The lowest BCUT2D eigenvalue weighted by Gasteiger charge is -2.08. The molecule has 0 spiro atoms. The van der Waals surface area contributed by atoms with Crippen molar-refractivity contribution in [2.24, 2.45) is 0 Å². The van der Waals surface area contributed by atoms with Crippen LogP contribution in [0.3, 0.4) is 0 Å². The van der Waals surface area contributed by atoms with Crippen molar-refractivity contribution in [1.82, 2.24) is 0 Å². The van der Waals surface area contributed by atoms with Gasteiger partial charge in [0.1, 0.15) is 11.5 Å². The zero-order chi connectivity index (χ0) is 12.5. The molecule has 0 amide bonds. The number of fused-ring (bicyclic) bond motifs is 1. The average molecular weight is 375 g/mol. The van der Waals surface area contributed by atoms with Gasteiger partial charge in [-0.1, -0.05) is 11.6 Å². The molecule has 1 aliphatic rings. The van der Waals surface area contributed by atoms with Crippen molar-refractivity contribution in [1.29, 1.82) is 0 Å². The summed E-state index contributed by atoms with van der Waals surface area (Å²) >= 11 is 8.15. The van der Waals surface area contributed by atoms with E-state index in [-0.39, 0.29) is 6.79 Å². The van der Waals surface area contributed by atoms with Crippen LogP contribution in [0.25, 0.3) is 0 Å². The van der Waals surface area contributed by atoms with Gasteiger partial charge in [0, 0.05) is 17.2 Å². The van der Waals surface area contributed by atoms with Crippen LogP contribution in [0.4, 0.5) is 0 Å². The number of benzene rings is 2. The van der Waals surface area contributed by atoms with Gasteiger partial charge in [0.05, 0.1) is 3.57 Å². The van der Waals surface area contributed by atoms with Gasteiger partial charge in [0.2, 0.25) is 6.79 Å². The van der Waals surface area contributed by atoms with Crippen molar-refractivity contribution in [3.05, 3.63) is 45.0 Å². The molecule has 1 aliphatic heterocycles. The van der Waals surface area contributed by atoms with Gasteiger partial charge in [-0.15, -0.1) is 0 Å². The first kappa shape index (κ1) is 11.9. The Bertz CT molecular complexity index is 601. The molecule has 0 aromatic heterocycles. The Morgan fingerprint density at radius 3 is 2.78 bits per heavy atom. The maximum atomic E-state index is 5.95. The Morgan fingerprint density at radius 2 is 1.89 bits per heavy atom. The third kappa shape index (κ3) is 2.35. The summed E-state index contributed by atoms with van der Waals surface area (Å²) in [5, 5.41) is 0.645. The maximum Gasteiger partial charge on any atom is 0.231 e. The number of hydrogen-bond donors (Lipinski definition) is 0. The van der Waals surface area contributed by atoms with E-state index in [1.165, 1.54) is 0 Å². The fraction of sp³-hybridized carbons (Fsp3) is 0.0769. The van der Waals surface area contributed by atoms with Gasteiger partial charge in [-0.05, 0) is 46.9 Å². The van der Waals surface area contributed by atoms with Crippen LogP contribution in [0.5, 0.6) is 23.0 Å². The van der Waals surface area contributed by atoms with Crippen molar-refractivity contribution in [2.45, 2.75) is 0 Å². The molecule has 0 N–H and O–H groups in total. The summed E-state index contributed by atoms with van der Waals surface area (Å²) in [4.78, 5) is 0. The number of rotatable bonds is 2. The van der Waals surface area contributed by atoms with Crippen LogP contribution in [0.1, 0.15) is 0 Å². The first-order valence-electron chi connectivity index (χ1n) is 5.25. The molecule has 1 heterocycles. The normalized spacial score (nSPS) is 12.6. The van der Waals surface area contributed by atoms with Gasteiger partial charge in [-0.2, -0.15) is 0 Å². The van der Waals surface area contributed by atoms with Crippen molar-refractivity contribution in [3.63, 3.8) is 0 Å². The molecule has 0 aliphatic carbocycles. The summed E-state index contributed by atoms with van der Waals surface area (Å²) in [7, 11) is 0. The van der Waals surface area contributed by atoms with E-state index in [1.807, 2.05) is 24.3 Å². The summed E-state index contributed by atoms with van der Waals surface area (Å²) in [6.07, 6.45) is 0. The molecule has 3 rings (SSSR count). The summed E-state index contributed by atoms with van der Waals surface area (Å²) in [5.74, 6) is 2.86. The average Bonchev–Trinajstić information content (AvgIpc) is 2.81. The first-order valence-corrected chi connectivity index (χ1v) is 6.70. The molecule has 0 unspecified atom stereocenters. The van der Waals surface area contributed by atoms with Gasteiger partial charge in [-0.25, -0.2) is 0 Å². The van der Waals surface area contributed by atoms with Crippen LogP contribution in [0.15, 0.2) is 36.4 Å². The number of halogens is 2. The zero-order valence-electron chi connectivity index (χ0n) is 9.15. The smallest absolute Gasteiger partial charge is 0.231 e. The van der Waals surface area contributed by atoms with Crippen LogP contribution in [0.2, 0.25) is 5.02 Å². The molecule has 3 nitrogen and oxygen atoms in total. The monoisotopic (exact) mass is 374 g/mol. The van der Waals surface area contributed by atoms with Crippen LogP contribution in [-0.4, -0.2) is 6.79 Å². The van der Waals surface area contributed by atoms with Crippen LogP contribution >= 0.6 is 34.2 Å². The van der Waals surface area contributed by atoms with Gasteiger partial charge in [0.25, 0.3) is 0 Å². The molecule has 2 aromatic carbocycles. The Labute approximate surface area is 123 Å². The molecule has 18 heavy (non-hydrogen) atoms. The van der Waals surface area contributed by atoms with Crippen molar-refractivity contribution in [3.8, 4) is 23.0 Å². The Morgan fingerprint density at radius 1 is 1.06 bits per heavy atom. The third-order valence-corrected chi connectivity index (χ3v) is 3.59. The molecule has 5 heteroatoms. The molecule has 0 saturated heterocycles. The van der Waals surface area contributed by atoms with E-state index in [1.54, 1.807) is 12.1 Å². The lowest BCUT2D eigenvalue weighted by atomic mass is 10.3. The van der Waals surface area contributed by atoms with E-state index < -0.39 is 0 Å². The van der Waals surface area contributed by atoms with E-state index in [2.05, 4.69) is 22.6 Å². The van der Waals surface area contributed by atoms with E-state index in [9.17, 15) is 0 Å². The minimum Gasteiger partial charge on any atom is -0.456 e. The highest BCUT2D eigenvalue weighted by Gasteiger charge is 2.14. The minimum absolute atomic E-state index is 0.257. The van der Waals surface area contributed by atoms with E-state index >= 15 is 0 Å². The lowest BCUT2D eigenvalue weighted by molar-refractivity contribution is 0.174. The molecule has 0 fully saturated rings. The lowest BCUT2D eigenvalue weighted by Crippen LogP contribution is -1.92. The van der Waals surface area contributed by atoms with E-state index in [0.29, 0.717) is 16.5 Å². The maximum absolute atomic E-state index is 5.95. The largest absolute Gasteiger partial charge is 0.456 e. The summed E-state index contributed by atoms with van der Waals surface area (Å²) in [5.41, 5.74) is 0. The molecule has 2 aromatic rings. The fourth-order valence-corrected chi connectivity index (χ4v) is 2.23. The molecule has 0 bridgehead atoms. The topological polar surface area (TPSA) is 27.7 Å². The number of hydrogen-bond acceptors (Lipinski definition) is 3. The van der Waals surface area contributed by atoms with E-state index in [4.69, 9.17) is 25.8 Å². The van der Waals surface area contributed by atoms with Gasteiger partial charge in [0.15, 0.2) is 11.5 Å². The van der Waals surface area contributed by atoms with Crippen LogP contribution < -0.4 is 14.2 Å². The second-order valence-electron chi connectivity index (χ2n) is 3.69. The predicted octanol–water partition coefficient (Wildman–Crippen LogP) is 4.47. The van der Waals surface area contributed by atoms with Crippen LogP contribution in [0, 0.1) is 3.57 Å². The second kappa shape index (κ2) is 4.85. The Kier molecular flexibility index (Phi) is 3.22. The first-order chi connectivity index (χ1) is 8.72. The molecular weight excluding hydrogens is 366 g/mol. The Hall–Kier alpha value is -1.14. The quantitative estimate of drug-likeness (QED) is 0.726. The number of ether oxygens (including phenoxy) is 3. The molecule has 0 atom stereocenters. The fourth-order valence-electron chi connectivity index (χ4n) is 1.62. The standard InChI is InChI=1S/C13H8ClIO3/c14-8-1-3-10(15)12(5-8)18-9-2-4-11-13(6-9)17-7-16-11/h1-6H,7H2.